The van der Waals surface area contributed by atoms with Gasteiger partial charge in [-0.25, -0.2) is 35.9 Å². The number of halogens is 6. The van der Waals surface area contributed by atoms with E-state index >= 15 is 0 Å². The number of benzene rings is 2. The summed E-state index contributed by atoms with van der Waals surface area (Å²) in [5.74, 6) is -15.4. The average Bonchev–Trinajstić information content (AvgIpc) is 2.50. The third kappa shape index (κ3) is 3.65. The van der Waals surface area contributed by atoms with Crippen molar-refractivity contribution in [1.82, 2.24) is 0 Å². The van der Waals surface area contributed by atoms with Gasteiger partial charge >= 0.3 is 11.9 Å². The molecular weight excluding hydrogens is 346 g/mol. The van der Waals surface area contributed by atoms with E-state index in [9.17, 15) is 35.9 Å². The summed E-state index contributed by atoms with van der Waals surface area (Å²) in [6.45, 7) is 0. The van der Waals surface area contributed by atoms with E-state index in [-0.39, 0.29) is 24.3 Å². The summed E-state index contributed by atoms with van der Waals surface area (Å²) in [5, 5.41) is 0. The van der Waals surface area contributed by atoms with Gasteiger partial charge < -0.3 is 9.47 Å². The summed E-state index contributed by atoms with van der Waals surface area (Å²) in [4.78, 5) is 22.7. The second-order valence-electron chi connectivity index (χ2n) is 4.17. The van der Waals surface area contributed by atoms with Crippen LogP contribution in [-0.4, -0.2) is 11.9 Å². The molecule has 0 radical (unpaired) electrons. The Hall–Kier alpha value is -3.04. The molecule has 0 unspecified atom stereocenters. The van der Waals surface area contributed by atoms with Crippen LogP contribution in [0, 0.1) is 34.9 Å². The molecule has 0 bridgehead atoms. The standard InChI is InChI=1S/C14H4F6O4/c15-5-1-9(19)11(3-7(5)17)23-13(21)14(22)24-12-4-8(18)6(16)2-10(12)20/h1-4H. The first-order valence-corrected chi connectivity index (χ1v) is 5.92. The van der Waals surface area contributed by atoms with Crippen molar-refractivity contribution >= 4 is 11.9 Å². The van der Waals surface area contributed by atoms with Crippen LogP contribution in [0.15, 0.2) is 24.3 Å². The van der Waals surface area contributed by atoms with Gasteiger partial charge in [0.25, 0.3) is 0 Å². The van der Waals surface area contributed by atoms with Gasteiger partial charge in [0.2, 0.25) is 0 Å². The Morgan fingerprint density at radius 1 is 0.542 bits per heavy atom. The predicted octanol–water partition coefficient (Wildman–Crippen LogP) is 3.03. The second kappa shape index (κ2) is 6.60. The lowest BCUT2D eigenvalue weighted by Gasteiger charge is -2.07. The van der Waals surface area contributed by atoms with E-state index < -0.39 is 58.3 Å². The lowest BCUT2D eigenvalue weighted by molar-refractivity contribution is -0.156. The number of esters is 2. The van der Waals surface area contributed by atoms with Crippen molar-refractivity contribution in [3.05, 3.63) is 59.2 Å². The van der Waals surface area contributed by atoms with Crippen molar-refractivity contribution in [2.24, 2.45) is 0 Å². The molecule has 0 fully saturated rings. The van der Waals surface area contributed by atoms with Gasteiger partial charge in [0.1, 0.15) is 0 Å². The van der Waals surface area contributed by atoms with Crippen molar-refractivity contribution in [1.29, 1.82) is 0 Å². The van der Waals surface area contributed by atoms with E-state index in [2.05, 4.69) is 9.47 Å². The molecule has 0 aliphatic carbocycles. The SMILES string of the molecule is O=C(Oc1cc(F)c(F)cc1F)C(=O)Oc1cc(F)c(F)cc1F. The molecule has 2 aromatic carbocycles. The fourth-order valence-electron chi connectivity index (χ4n) is 1.45. The minimum absolute atomic E-state index is 0.0539. The zero-order valence-electron chi connectivity index (χ0n) is 11.2. The van der Waals surface area contributed by atoms with Gasteiger partial charge in [0.05, 0.1) is 0 Å². The van der Waals surface area contributed by atoms with Crippen LogP contribution in [0.4, 0.5) is 26.3 Å². The molecule has 0 saturated heterocycles. The Bertz CT molecular complexity index is 767. The van der Waals surface area contributed by atoms with Gasteiger partial charge in [-0.1, -0.05) is 0 Å². The molecular formula is C14H4F6O4. The molecule has 0 aromatic heterocycles. The first-order chi connectivity index (χ1) is 11.2. The summed E-state index contributed by atoms with van der Waals surface area (Å²) in [7, 11) is 0. The summed E-state index contributed by atoms with van der Waals surface area (Å²) < 4.78 is 86.0. The zero-order valence-corrected chi connectivity index (χ0v) is 11.2. The number of hydrogen-bond donors (Lipinski definition) is 0. The van der Waals surface area contributed by atoms with Crippen molar-refractivity contribution in [2.45, 2.75) is 0 Å². The number of carbonyl (C=O) groups excluding carboxylic acids is 2. The van der Waals surface area contributed by atoms with E-state index in [1.54, 1.807) is 0 Å². The summed E-state index contributed by atoms with van der Waals surface area (Å²) >= 11 is 0. The fraction of sp³-hybridized carbons (Fsp3) is 0. The maximum atomic E-state index is 13.3. The van der Waals surface area contributed by atoms with Gasteiger partial charge in [0.15, 0.2) is 46.4 Å². The van der Waals surface area contributed by atoms with Crippen molar-refractivity contribution in [3.63, 3.8) is 0 Å². The van der Waals surface area contributed by atoms with E-state index in [1.807, 2.05) is 0 Å². The monoisotopic (exact) mass is 350 g/mol. The average molecular weight is 350 g/mol. The van der Waals surface area contributed by atoms with Gasteiger partial charge in [-0.3, -0.25) is 0 Å². The quantitative estimate of drug-likeness (QED) is 0.275. The second-order valence-corrected chi connectivity index (χ2v) is 4.17. The van der Waals surface area contributed by atoms with Crippen LogP contribution in [0.2, 0.25) is 0 Å². The van der Waals surface area contributed by atoms with Crippen LogP contribution in [0.3, 0.4) is 0 Å². The van der Waals surface area contributed by atoms with Crippen LogP contribution < -0.4 is 9.47 Å². The van der Waals surface area contributed by atoms with Crippen molar-refractivity contribution < 1.29 is 45.4 Å². The Morgan fingerprint density at radius 3 is 1.17 bits per heavy atom. The number of rotatable bonds is 2. The highest BCUT2D eigenvalue weighted by molar-refractivity contribution is 6.31. The Balaban J connectivity index is 2.15. The Morgan fingerprint density at radius 2 is 0.833 bits per heavy atom. The van der Waals surface area contributed by atoms with E-state index in [4.69, 9.17) is 0 Å². The summed E-state index contributed by atoms with van der Waals surface area (Å²) in [6, 6.07) is 0.401. The molecule has 0 saturated carbocycles. The third-order valence-electron chi connectivity index (χ3n) is 2.52. The van der Waals surface area contributed by atoms with Gasteiger partial charge in [-0.2, -0.15) is 0 Å². The third-order valence-corrected chi connectivity index (χ3v) is 2.52. The van der Waals surface area contributed by atoms with Gasteiger partial charge in [-0.15, -0.1) is 0 Å². The maximum absolute atomic E-state index is 13.3. The number of ether oxygens (including phenoxy) is 2. The molecule has 0 N–H and O–H groups in total. The Kier molecular flexibility index (Phi) is 4.77. The minimum atomic E-state index is -1.94. The normalized spacial score (nSPS) is 10.4. The van der Waals surface area contributed by atoms with Crippen LogP contribution in [-0.2, 0) is 9.59 Å². The molecule has 0 aliphatic rings. The van der Waals surface area contributed by atoms with Crippen molar-refractivity contribution in [3.8, 4) is 11.5 Å². The van der Waals surface area contributed by atoms with E-state index in [1.165, 1.54) is 0 Å². The Labute approximate surface area is 129 Å². The zero-order chi connectivity index (χ0) is 18.0. The summed E-state index contributed by atoms with van der Waals surface area (Å²) in [6.07, 6.45) is 0. The smallest absolute Gasteiger partial charge is 0.415 e. The molecule has 0 spiro atoms. The van der Waals surface area contributed by atoms with Crippen LogP contribution in [0.1, 0.15) is 0 Å². The number of carbonyl (C=O) groups is 2. The van der Waals surface area contributed by atoms with Crippen LogP contribution in [0.5, 0.6) is 11.5 Å². The predicted molar refractivity (Wildman–Crippen MR) is 63.9 cm³/mol. The molecule has 10 heteroatoms. The van der Waals surface area contributed by atoms with Gasteiger partial charge in [-0.05, 0) is 0 Å². The van der Waals surface area contributed by atoms with Crippen LogP contribution in [0.25, 0.3) is 0 Å². The van der Waals surface area contributed by atoms with Gasteiger partial charge in [0, 0.05) is 24.3 Å². The maximum Gasteiger partial charge on any atom is 0.423 e. The molecule has 24 heavy (non-hydrogen) atoms. The largest absolute Gasteiger partial charge is 0.423 e. The topological polar surface area (TPSA) is 52.6 Å². The first-order valence-electron chi connectivity index (χ1n) is 5.92. The fourth-order valence-corrected chi connectivity index (χ4v) is 1.45. The van der Waals surface area contributed by atoms with Crippen LogP contribution >= 0.6 is 0 Å². The highest BCUT2D eigenvalue weighted by Crippen LogP contribution is 2.23. The lowest BCUT2D eigenvalue weighted by Crippen LogP contribution is -2.26. The molecule has 2 rings (SSSR count). The van der Waals surface area contributed by atoms with E-state index in [0.717, 1.165) is 0 Å². The molecule has 4 nitrogen and oxygen atoms in total. The summed E-state index contributed by atoms with van der Waals surface area (Å²) in [5.41, 5.74) is 0. The lowest BCUT2D eigenvalue weighted by atomic mass is 10.3. The highest BCUT2D eigenvalue weighted by Gasteiger charge is 2.24. The molecule has 0 atom stereocenters. The molecule has 2 aromatic rings. The molecule has 126 valence electrons. The molecule has 0 aliphatic heterocycles. The number of hydrogen-bond acceptors (Lipinski definition) is 4. The van der Waals surface area contributed by atoms with Crippen molar-refractivity contribution in [2.75, 3.05) is 0 Å². The first kappa shape index (κ1) is 17.3. The molecule has 0 heterocycles. The highest BCUT2D eigenvalue weighted by atomic mass is 19.2. The molecule has 0 amide bonds. The van der Waals surface area contributed by atoms with E-state index in [0.29, 0.717) is 0 Å². The minimum Gasteiger partial charge on any atom is -0.415 e.